The molecule has 0 aliphatic heterocycles. The van der Waals surface area contributed by atoms with Gasteiger partial charge in [0.1, 0.15) is 5.75 Å². The van der Waals surface area contributed by atoms with Crippen molar-refractivity contribution in [2.24, 2.45) is 10.2 Å². The maximum Gasteiger partial charge on any atom is 0.338 e. The summed E-state index contributed by atoms with van der Waals surface area (Å²) < 4.78 is 4.92. The molecule has 11 nitrogen and oxygen atoms in total. The predicted molar refractivity (Wildman–Crippen MR) is 91.9 cm³/mol. The van der Waals surface area contributed by atoms with Crippen LogP contribution in [0.25, 0.3) is 0 Å². The van der Waals surface area contributed by atoms with Gasteiger partial charge >= 0.3 is 11.7 Å². The molecule has 0 radical (unpaired) electrons. The number of phenolic OH excluding ortho intramolecular Hbond substituents is 1. The summed E-state index contributed by atoms with van der Waals surface area (Å²) in [7, 11) is 0. The van der Waals surface area contributed by atoms with E-state index in [9.17, 15) is 25.0 Å². The van der Waals surface area contributed by atoms with Gasteiger partial charge in [0.15, 0.2) is 0 Å². The molecule has 0 fully saturated rings. The molecule has 0 aliphatic carbocycles. The summed E-state index contributed by atoms with van der Waals surface area (Å²) in [6, 6.07) is 7.57. The van der Waals surface area contributed by atoms with E-state index >= 15 is 0 Å². The molecule has 0 unspecified atom stereocenters. The Bertz CT molecular complexity index is 952. The molecular formula is C16H12N4O7. The summed E-state index contributed by atoms with van der Waals surface area (Å²) in [5.41, 5.74) is -0.706. The van der Waals surface area contributed by atoms with Crippen molar-refractivity contribution in [1.82, 2.24) is 0 Å². The number of benzene rings is 2. The van der Waals surface area contributed by atoms with Crippen LogP contribution in [0.2, 0.25) is 0 Å². The molecule has 11 heteroatoms. The lowest BCUT2D eigenvalue weighted by Gasteiger charge is -2.06. The minimum atomic E-state index is -0.972. The third-order valence-electron chi connectivity index (χ3n) is 3.15. The third kappa shape index (κ3) is 5.16. The van der Waals surface area contributed by atoms with Crippen molar-refractivity contribution in [3.63, 3.8) is 0 Å². The van der Waals surface area contributed by atoms with E-state index in [4.69, 9.17) is 9.84 Å². The van der Waals surface area contributed by atoms with E-state index in [-0.39, 0.29) is 11.3 Å². The number of aromatic hydroxyl groups is 1. The number of esters is 1. The van der Waals surface area contributed by atoms with Crippen LogP contribution in [-0.4, -0.2) is 20.9 Å². The molecule has 2 aromatic rings. The smallest absolute Gasteiger partial charge is 0.338 e. The number of carbonyl (C=O) groups is 1. The molecule has 0 saturated heterocycles. The molecule has 0 amide bonds. The average Bonchev–Trinajstić information content (AvgIpc) is 2.61. The number of rotatable bonds is 6. The van der Waals surface area contributed by atoms with Gasteiger partial charge in [0.2, 0.25) is 5.75 Å². The number of ether oxygens (including phenoxy) is 1. The molecule has 2 rings (SSSR count). The van der Waals surface area contributed by atoms with Crippen LogP contribution in [0.1, 0.15) is 5.56 Å². The molecule has 0 atom stereocenters. The highest BCUT2D eigenvalue weighted by Gasteiger charge is 2.25. The number of nitro groups is 2. The molecule has 0 saturated carbocycles. The van der Waals surface area contributed by atoms with Gasteiger partial charge < -0.3 is 9.84 Å². The Balaban J connectivity index is 2.14. The van der Waals surface area contributed by atoms with Gasteiger partial charge in [-0.3, -0.25) is 20.2 Å². The van der Waals surface area contributed by atoms with E-state index in [1.54, 1.807) is 0 Å². The quantitative estimate of drug-likeness (QED) is 0.202. The molecule has 27 heavy (non-hydrogen) atoms. The van der Waals surface area contributed by atoms with E-state index in [0.29, 0.717) is 11.8 Å². The van der Waals surface area contributed by atoms with Crippen LogP contribution in [0, 0.1) is 27.2 Å². The van der Waals surface area contributed by atoms with Crippen LogP contribution in [0.5, 0.6) is 11.5 Å². The second kappa shape index (κ2) is 8.29. The Hall–Kier alpha value is -4.15. The van der Waals surface area contributed by atoms with Gasteiger partial charge in [-0.2, -0.15) is 10.2 Å². The van der Waals surface area contributed by atoms with Crippen LogP contribution in [0.15, 0.2) is 58.9 Å². The SMILES string of the molecule is Cc1cc([N+](=O)[O-])cc([N+](=O)[O-])c1OC(=O)/C=C/N=Nc1ccc(O)cc1. The van der Waals surface area contributed by atoms with E-state index in [1.165, 1.54) is 31.2 Å². The highest BCUT2D eigenvalue weighted by molar-refractivity contribution is 5.85. The molecular weight excluding hydrogens is 360 g/mol. The van der Waals surface area contributed by atoms with Crippen LogP contribution in [-0.2, 0) is 4.79 Å². The van der Waals surface area contributed by atoms with E-state index < -0.39 is 32.9 Å². The Morgan fingerprint density at radius 2 is 1.81 bits per heavy atom. The molecule has 0 aromatic heterocycles. The van der Waals surface area contributed by atoms with Gasteiger partial charge in [-0.25, -0.2) is 4.79 Å². The summed E-state index contributed by atoms with van der Waals surface area (Å²) in [5, 5.41) is 38.4. The zero-order valence-electron chi connectivity index (χ0n) is 13.8. The third-order valence-corrected chi connectivity index (χ3v) is 3.15. The van der Waals surface area contributed by atoms with Gasteiger partial charge in [-0.05, 0) is 31.2 Å². The number of nitrogens with zero attached hydrogens (tertiary/aromatic N) is 4. The monoisotopic (exact) mass is 372 g/mol. The summed E-state index contributed by atoms with van der Waals surface area (Å²) in [6.07, 6.45) is 1.90. The summed E-state index contributed by atoms with van der Waals surface area (Å²) in [5.74, 6) is -1.30. The average molecular weight is 372 g/mol. The van der Waals surface area contributed by atoms with Gasteiger partial charge in [0, 0.05) is 17.7 Å². The van der Waals surface area contributed by atoms with Crippen molar-refractivity contribution in [2.75, 3.05) is 0 Å². The van der Waals surface area contributed by atoms with Crippen molar-refractivity contribution in [3.05, 3.63) is 74.5 Å². The lowest BCUT2D eigenvalue weighted by Crippen LogP contribution is -2.07. The highest BCUT2D eigenvalue weighted by atomic mass is 16.6. The van der Waals surface area contributed by atoms with Crippen molar-refractivity contribution in [3.8, 4) is 11.5 Å². The first-order valence-corrected chi connectivity index (χ1v) is 7.29. The standard InChI is InChI=1S/C16H12N4O7/c1-10-8-12(19(23)24)9-14(20(25)26)16(10)27-15(22)6-7-17-18-11-2-4-13(21)5-3-11/h2-9,21H,1H3/b7-6+,18-17?. The zero-order chi connectivity index (χ0) is 20.0. The number of nitro benzene ring substituents is 2. The predicted octanol–water partition coefficient (Wildman–Crippen LogP) is 3.72. The number of phenols is 1. The second-order valence-corrected chi connectivity index (χ2v) is 5.09. The number of hydrogen-bond donors (Lipinski definition) is 1. The van der Waals surface area contributed by atoms with Crippen molar-refractivity contribution in [1.29, 1.82) is 0 Å². The molecule has 138 valence electrons. The molecule has 0 heterocycles. The van der Waals surface area contributed by atoms with Crippen LogP contribution >= 0.6 is 0 Å². The number of carbonyl (C=O) groups excluding carboxylic acids is 1. The normalized spacial score (nSPS) is 11.0. The van der Waals surface area contributed by atoms with Gasteiger partial charge in [-0.1, -0.05) is 0 Å². The van der Waals surface area contributed by atoms with Crippen molar-refractivity contribution < 1.29 is 24.5 Å². The first-order valence-electron chi connectivity index (χ1n) is 7.29. The van der Waals surface area contributed by atoms with E-state index in [2.05, 4.69) is 10.2 Å². The van der Waals surface area contributed by atoms with Gasteiger partial charge in [0.05, 0.1) is 27.8 Å². The Morgan fingerprint density at radius 1 is 1.15 bits per heavy atom. The minimum absolute atomic E-state index is 0.0587. The summed E-state index contributed by atoms with van der Waals surface area (Å²) in [4.78, 5) is 32.0. The maximum atomic E-state index is 11.8. The Morgan fingerprint density at radius 3 is 2.41 bits per heavy atom. The first kappa shape index (κ1) is 19.2. The number of hydrogen-bond acceptors (Lipinski definition) is 9. The van der Waals surface area contributed by atoms with Gasteiger partial charge in [-0.15, -0.1) is 0 Å². The largest absolute Gasteiger partial charge is 0.508 e. The fourth-order valence-corrected chi connectivity index (χ4v) is 1.96. The topological polar surface area (TPSA) is 158 Å². The molecule has 0 spiro atoms. The van der Waals surface area contributed by atoms with Gasteiger partial charge in [0.25, 0.3) is 5.69 Å². The molecule has 0 aliphatic rings. The van der Waals surface area contributed by atoms with E-state index in [1.807, 2.05) is 0 Å². The van der Waals surface area contributed by atoms with Crippen molar-refractivity contribution in [2.45, 2.75) is 6.92 Å². The van der Waals surface area contributed by atoms with Crippen molar-refractivity contribution >= 4 is 23.0 Å². The summed E-state index contributed by atoms with van der Waals surface area (Å²) >= 11 is 0. The van der Waals surface area contributed by atoms with Crippen LogP contribution in [0.3, 0.4) is 0 Å². The number of azo groups is 1. The fourth-order valence-electron chi connectivity index (χ4n) is 1.96. The number of aryl methyl sites for hydroxylation is 1. The Kier molecular flexibility index (Phi) is 5.89. The van der Waals surface area contributed by atoms with E-state index in [0.717, 1.165) is 18.3 Å². The highest BCUT2D eigenvalue weighted by Crippen LogP contribution is 2.35. The Labute approximate surface area is 151 Å². The van der Waals surface area contributed by atoms with Crippen LogP contribution in [0.4, 0.5) is 17.1 Å². The molecule has 0 bridgehead atoms. The second-order valence-electron chi connectivity index (χ2n) is 5.09. The molecule has 2 aromatic carbocycles. The lowest BCUT2D eigenvalue weighted by molar-refractivity contribution is -0.394. The fraction of sp³-hybridized carbons (Fsp3) is 0.0625. The lowest BCUT2D eigenvalue weighted by atomic mass is 10.1. The molecule has 1 N–H and O–H groups in total. The zero-order valence-corrected chi connectivity index (χ0v) is 13.8. The van der Waals surface area contributed by atoms with Crippen LogP contribution < -0.4 is 4.74 Å². The maximum absolute atomic E-state index is 11.8. The minimum Gasteiger partial charge on any atom is -0.508 e. The summed E-state index contributed by atoms with van der Waals surface area (Å²) in [6.45, 7) is 1.34. The first-order chi connectivity index (χ1) is 12.8. The number of non-ortho nitro benzene ring substituents is 1.